The summed E-state index contributed by atoms with van der Waals surface area (Å²) in [6, 6.07) is 5.95. The number of amides is 1. The summed E-state index contributed by atoms with van der Waals surface area (Å²) >= 11 is 3.45. The molecule has 0 heterocycles. The van der Waals surface area contributed by atoms with Gasteiger partial charge in [-0.1, -0.05) is 22.0 Å². The molecule has 0 radical (unpaired) electrons. The molecule has 1 aromatic rings. The Morgan fingerprint density at radius 2 is 1.95 bits per heavy atom. The molecule has 1 amide bonds. The quantitative estimate of drug-likeness (QED) is 0.871. The summed E-state index contributed by atoms with van der Waals surface area (Å²) in [7, 11) is 1.92. The van der Waals surface area contributed by atoms with E-state index in [-0.39, 0.29) is 5.91 Å². The lowest BCUT2D eigenvalue weighted by atomic mass is 10.1. The standard InChI is InChI=1S/C14H22BrN3O/c1-4-18(5-2)14(19)10-17(3)13-8-12(15)7-6-11(13)9-16/h6-8H,4-5,9-10,16H2,1-3H3. The fraction of sp³-hybridized carbons (Fsp3) is 0.500. The van der Waals surface area contributed by atoms with Crippen LogP contribution < -0.4 is 10.6 Å². The molecule has 0 spiro atoms. The van der Waals surface area contributed by atoms with Gasteiger partial charge >= 0.3 is 0 Å². The van der Waals surface area contributed by atoms with Crippen LogP contribution in [0.2, 0.25) is 0 Å². The molecule has 0 aliphatic heterocycles. The third-order valence-corrected chi connectivity index (χ3v) is 3.66. The van der Waals surface area contributed by atoms with E-state index in [1.54, 1.807) is 0 Å². The summed E-state index contributed by atoms with van der Waals surface area (Å²) in [6.07, 6.45) is 0. The highest BCUT2D eigenvalue weighted by atomic mass is 79.9. The lowest BCUT2D eigenvalue weighted by Crippen LogP contribution is -2.39. The molecule has 106 valence electrons. The molecule has 5 heteroatoms. The zero-order valence-corrected chi connectivity index (χ0v) is 13.4. The van der Waals surface area contributed by atoms with E-state index in [4.69, 9.17) is 5.73 Å². The van der Waals surface area contributed by atoms with Crippen molar-refractivity contribution in [2.75, 3.05) is 31.6 Å². The van der Waals surface area contributed by atoms with Crippen molar-refractivity contribution in [2.24, 2.45) is 5.73 Å². The fourth-order valence-electron chi connectivity index (χ4n) is 2.03. The molecule has 0 saturated heterocycles. The Morgan fingerprint density at radius 1 is 1.32 bits per heavy atom. The summed E-state index contributed by atoms with van der Waals surface area (Å²) in [6.45, 7) is 6.30. The Hall–Kier alpha value is -1.07. The maximum Gasteiger partial charge on any atom is 0.242 e. The average Bonchev–Trinajstić information content (AvgIpc) is 2.40. The van der Waals surface area contributed by atoms with Gasteiger partial charge < -0.3 is 15.5 Å². The van der Waals surface area contributed by atoms with Gasteiger partial charge in [0.2, 0.25) is 5.91 Å². The van der Waals surface area contributed by atoms with Gasteiger partial charge in [-0.3, -0.25) is 4.79 Å². The molecule has 19 heavy (non-hydrogen) atoms. The number of halogens is 1. The van der Waals surface area contributed by atoms with E-state index in [0.29, 0.717) is 13.1 Å². The second kappa shape index (κ2) is 7.50. The lowest BCUT2D eigenvalue weighted by Gasteiger charge is -2.26. The molecule has 0 saturated carbocycles. The summed E-state index contributed by atoms with van der Waals surface area (Å²) < 4.78 is 0.988. The van der Waals surface area contributed by atoms with Gasteiger partial charge in [-0.2, -0.15) is 0 Å². The van der Waals surface area contributed by atoms with Crippen molar-refractivity contribution in [2.45, 2.75) is 20.4 Å². The number of carbonyl (C=O) groups excluding carboxylic acids is 1. The predicted molar refractivity (Wildman–Crippen MR) is 83.2 cm³/mol. The van der Waals surface area contributed by atoms with Gasteiger partial charge in [-0.05, 0) is 31.5 Å². The molecular weight excluding hydrogens is 306 g/mol. The van der Waals surface area contributed by atoms with Gasteiger partial charge in [0.25, 0.3) is 0 Å². The van der Waals surface area contributed by atoms with Gasteiger partial charge in [0.05, 0.1) is 6.54 Å². The Morgan fingerprint density at radius 3 is 2.47 bits per heavy atom. The largest absolute Gasteiger partial charge is 0.365 e. The minimum atomic E-state index is 0.135. The molecule has 0 unspecified atom stereocenters. The summed E-state index contributed by atoms with van der Waals surface area (Å²) in [4.78, 5) is 15.9. The Balaban J connectivity index is 2.85. The smallest absolute Gasteiger partial charge is 0.242 e. The van der Waals surface area contributed by atoms with Gasteiger partial charge in [-0.25, -0.2) is 0 Å². The molecular formula is C14H22BrN3O. The first kappa shape index (κ1) is 16.0. The van der Waals surface area contributed by atoms with E-state index in [0.717, 1.165) is 28.8 Å². The van der Waals surface area contributed by atoms with Crippen molar-refractivity contribution in [3.63, 3.8) is 0 Å². The van der Waals surface area contributed by atoms with Crippen molar-refractivity contribution in [1.82, 2.24) is 4.90 Å². The topological polar surface area (TPSA) is 49.6 Å². The number of hydrogen-bond donors (Lipinski definition) is 1. The number of likely N-dealkylation sites (N-methyl/N-ethyl adjacent to an activating group) is 2. The molecule has 0 aliphatic carbocycles. The van der Waals surface area contributed by atoms with Crippen LogP contribution >= 0.6 is 15.9 Å². The van der Waals surface area contributed by atoms with Crippen LogP contribution in [0.15, 0.2) is 22.7 Å². The van der Waals surface area contributed by atoms with E-state index in [9.17, 15) is 4.79 Å². The predicted octanol–water partition coefficient (Wildman–Crippen LogP) is 2.21. The van der Waals surface area contributed by atoms with Gasteiger partial charge in [0, 0.05) is 36.8 Å². The van der Waals surface area contributed by atoms with Crippen LogP contribution in [0.1, 0.15) is 19.4 Å². The molecule has 4 nitrogen and oxygen atoms in total. The Labute approximate surface area is 123 Å². The highest BCUT2D eigenvalue weighted by Gasteiger charge is 2.14. The fourth-order valence-corrected chi connectivity index (χ4v) is 2.38. The molecule has 0 bridgehead atoms. The number of anilines is 1. The van der Waals surface area contributed by atoms with Gasteiger partial charge in [0.1, 0.15) is 0 Å². The zero-order chi connectivity index (χ0) is 14.4. The summed E-state index contributed by atoms with van der Waals surface area (Å²) in [5.41, 5.74) is 7.78. The van der Waals surface area contributed by atoms with Crippen molar-refractivity contribution in [3.05, 3.63) is 28.2 Å². The van der Waals surface area contributed by atoms with Crippen LogP contribution in [-0.2, 0) is 11.3 Å². The number of rotatable bonds is 6. The van der Waals surface area contributed by atoms with Crippen molar-refractivity contribution in [3.8, 4) is 0 Å². The molecule has 0 aromatic heterocycles. The number of carbonyl (C=O) groups is 1. The van der Waals surface area contributed by atoms with Crippen LogP contribution in [0.3, 0.4) is 0 Å². The third kappa shape index (κ3) is 4.21. The van der Waals surface area contributed by atoms with Gasteiger partial charge in [-0.15, -0.1) is 0 Å². The average molecular weight is 328 g/mol. The number of nitrogens with zero attached hydrogens (tertiary/aromatic N) is 2. The first-order valence-electron chi connectivity index (χ1n) is 6.50. The minimum Gasteiger partial charge on any atom is -0.365 e. The number of benzene rings is 1. The molecule has 1 rings (SSSR count). The SMILES string of the molecule is CCN(CC)C(=O)CN(C)c1cc(Br)ccc1CN. The van der Waals surface area contributed by atoms with E-state index < -0.39 is 0 Å². The third-order valence-electron chi connectivity index (χ3n) is 3.17. The van der Waals surface area contributed by atoms with Crippen LogP contribution in [-0.4, -0.2) is 37.5 Å². The Kier molecular flexibility index (Phi) is 6.31. The normalized spacial score (nSPS) is 10.4. The maximum absolute atomic E-state index is 12.1. The lowest BCUT2D eigenvalue weighted by molar-refractivity contribution is -0.129. The van der Waals surface area contributed by atoms with E-state index in [2.05, 4.69) is 15.9 Å². The zero-order valence-electron chi connectivity index (χ0n) is 11.8. The summed E-state index contributed by atoms with van der Waals surface area (Å²) in [5, 5.41) is 0. The monoisotopic (exact) mass is 327 g/mol. The molecule has 0 fully saturated rings. The summed E-state index contributed by atoms with van der Waals surface area (Å²) in [5.74, 6) is 0.135. The second-order valence-corrected chi connectivity index (χ2v) is 5.31. The van der Waals surface area contributed by atoms with Crippen molar-refractivity contribution < 1.29 is 4.79 Å². The van der Waals surface area contributed by atoms with E-state index in [1.165, 1.54) is 0 Å². The first-order chi connectivity index (χ1) is 9.03. The minimum absolute atomic E-state index is 0.135. The molecule has 1 aromatic carbocycles. The van der Waals surface area contributed by atoms with Crippen LogP contribution in [0.5, 0.6) is 0 Å². The van der Waals surface area contributed by atoms with E-state index >= 15 is 0 Å². The molecule has 0 atom stereocenters. The first-order valence-corrected chi connectivity index (χ1v) is 7.30. The van der Waals surface area contributed by atoms with Crippen LogP contribution in [0.4, 0.5) is 5.69 Å². The highest BCUT2D eigenvalue weighted by molar-refractivity contribution is 9.10. The van der Waals surface area contributed by atoms with Crippen LogP contribution in [0.25, 0.3) is 0 Å². The Bertz CT molecular complexity index is 433. The van der Waals surface area contributed by atoms with Gasteiger partial charge in [0.15, 0.2) is 0 Å². The number of hydrogen-bond acceptors (Lipinski definition) is 3. The van der Waals surface area contributed by atoms with E-state index in [1.807, 2.05) is 48.9 Å². The number of nitrogens with two attached hydrogens (primary N) is 1. The molecule has 2 N–H and O–H groups in total. The van der Waals surface area contributed by atoms with Crippen molar-refractivity contribution >= 4 is 27.5 Å². The highest BCUT2D eigenvalue weighted by Crippen LogP contribution is 2.24. The van der Waals surface area contributed by atoms with Crippen LogP contribution in [0, 0.1) is 0 Å². The maximum atomic E-state index is 12.1. The molecule has 0 aliphatic rings. The second-order valence-electron chi connectivity index (χ2n) is 4.40. The van der Waals surface area contributed by atoms with Crippen molar-refractivity contribution in [1.29, 1.82) is 0 Å².